The molecule has 0 fully saturated rings. The number of thioether (sulfide) groups is 1. The van der Waals surface area contributed by atoms with Gasteiger partial charge in [-0.3, -0.25) is 4.79 Å². The number of fused-ring (bicyclic) bond motifs is 1. The van der Waals surface area contributed by atoms with Gasteiger partial charge in [-0.05, 0) is 35.7 Å². The number of rotatable bonds is 4. The van der Waals surface area contributed by atoms with Crippen molar-refractivity contribution in [2.24, 2.45) is 7.05 Å². The number of hydrogen-bond acceptors (Lipinski definition) is 6. The normalized spacial score (nSPS) is 11.3. The Morgan fingerprint density at radius 3 is 2.84 bits per heavy atom. The van der Waals surface area contributed by atoms with Gasteiger partial charge in [-0.2, -0.15) is 0 Å². The van der Waals surface area contributed by atoms with Gasteiger partial charge in [0.2, 0.25) is 0 Å². The summed E-state index contributed by atoms with van der Waals surface area (Å²) in [4.78, 5) is 19.3. The molecule has 0 saturated carbocycles. The number of halogens is 1. The number of aromatic amines is 1. The second-order valence-corrected chi connectivity index (χ2v) is 7.60. The van der Waals surface area contributed by atoms with Gasteiger partial charge in [0.15, 0.2) is 11.0 Å². The fraction of sp³-hybridized carbons (Fsp3) is 0.125. The van der Waals surface area contributed by atoms with Crippen LogP contribution in [0.5, 0.6) is 0 Å². The largest absolute Gasteiger partial charge is 0.309 e. The van der Waals surface area contributed by atoms with Crippen molar-refractivity contribution < 1.29 is 0 Å². The Hall–Kier alpha value is -2.16. The molecule has 0 aliphatic rings. The Morgan fingerprint density at radius 1 is 1.24 bits per heavy atom. The van der Waals surface area contributed by atoms with Gasteiger partial charge in [-0.25, -0.2) is 4.98 Å². The van der Waals surface area contributed by atoms with Crippen LogP contribution in [0.3, 0.4) is 0 Å². The zero-order chi connectivity index (χ0) is 17.4. The predicted molar refractivity (Wildman–Crippen MR) is 101 cm³/mol. The summed E-state index contributed by atoms with van der Waals surface area (Å²) < 4.78 is 2.56. The number of hydrogen-bond donors (Lipinski definition) is 1. The standard InChI is InChI=1S/C16H12ClN5OS2/c1-22-14(9-2-4-10(17)5-3-9)20-21-16(22)25-8-12-18-11-6-7-24-13(11)15(23)19-12/h2-7H,8H2,1H3,(H,18,19,23). The summed E-state index contributed by atoms with van der Waals surface area (Å²) in [5.41, 5.74) is 1.57. The monoisotopic (exact) mass is 389 g/mol. The molecule has 3 heterocycles. The lowest BCUT2D eigenvalue weighted by atomic mass is 10.2. The lowest BCUT2D eigenvalue weighted by Gasteiger charge is -2.04. The summed E-state index contributed by atoms with van der Waals surface area (Å²) in [6.45, 7) is 0. The molecule has 0 aliphatic carbocycles. The molecule has 25 heavy (non-hydrogen) atoms. The third kappa shape index (κ3) is 3.20. The van der Waals surface area contributed by atoms with Gasteiger partial charge in [-0.15, -0.1) is 21.5 Å². The van der Waals surface area contributed by atoms with E-state index in [0.29, 0.717) is 21.3 Å². The number of benzene rings is 1. The fourth-order valence-electron chi connectivity index (χ4n) is 2.41. The van der Waals surface area contributed by atoms with E-state index in [-0.39, 0.29) is 5.56 Å². The Morgan fingerprint density at radius 2 is 2.04 bits per heavy atom. The van der Waals surface area contributed by atoms with E-state index in [1.165, 1.54) is 23.1 Å². The van der Waals surface area contributed by atoms with Gasteiger partial charge in [-0.1, -0.05) is 23.4 Å². The number of nitrogens with one attached hydrogen (secondary N) is 1. The van der Waals surface area contributed by atoms with Crippen molar-refractivity contribution >= 4 is 44.9 Å². The van der Waals surface area contributed by atoms with E-state index in [4.69, 9.17) is 11.6 Å². The van der Waals surface area contributed by atoms with Crippen LogP contribution in [-0.4, -0.2) is 24.7 Å². The highest BCUT2D eigenvalue weighted by atomic mass is 35.5. The van der Waals surface area contributed by atoms with Gasteiger partial charge in [0, 0.05) is 17.6 Å². The summed E-state index contributed by atoms with van der Waals surface area (Å²) in [5, 5.41) is 11.8. The summed E-state index contributed by atoms with van der Waals surface area (Å²) in [5.74, 6) is 1.89. The number of thiophene rings is 1. The fourth-order valence-corrected chi connectivity index (χ4v) is 4.05. The average molecular weight is 390 g/mol. The molecule has 4 aromatic rings. The van der Waals surface area contributed by atoms with Crippen molar-refractivity contribution in [1.82, 2.24) is 24.7 Å². The highest BCUT2D eigenvalue weighted by Gasteiger charge is 2.12. The predicted octanol–water partition coefficient (Wildman–Crippen LogP) is 3.73. The highest BCUT2D eigenvalue weighted by Crippen LogP contribution is 2.25. The second-order valence-electron chi connectivity index (χ2n) is 5.31. The van der Waals surface area contributed by atoms with Crippen LogP contribution in [-0.2, 0) is 12.8 Å². The molecular formula is C16H12ClN5OS2. The van der Waals surface area contributed by atoms with Gasteiger partial charge in [0.1, 0.15) is 10.5 Å². The molecule has 3 aromatic heterocycles. The Balaban J connectivity index is 1.56. The molecule has 126 valence electrons. The van der Waals surface area contributed by atoms with Crippen LogP contribution < -0.4 is 5.56 Å². The first kappa shape index (κ1) is 16.3. The van der Waals surface area contributed by atoms with Crippen molar-refractivity contribution in [1.29, 1.82) is 0 Å². The molecule has 0 atom stereocenters. The summed E-state index contributed by atoms with van der Waals surface area (Å²) in [6.07, 6.45) is 0. The van der Waals surface area contributed by atoms with E-state index in [2.05, 4.69) is 20.2 Å². The molecule has 6 nitrogen and oxygen atoms in total. The average Bonchev–Trinajstić information content (AvgIpc) is 3.21. The Bertz CT molecular complexity index is 1100. The first-order valence-electron chi connectivity index (χ1n) is 7.36. The Labute approximate surface area is 155 Å². The van der Waals surface area contributed by atoms with Crippen LogP contribution in [0.4, 0.5) is 0 Å². The quantitative estimate of drug-likeness (QED) is 0.538. The van der Waals surface area contributed by atoms with E-state index in [1.54, 1.807) is 0 Å². The molecular weight excluding hydrogens is 378 g/mol. The molecule has 0 bridgehead atoms. The molecule has 9 heteroatoms. The summed E-state index contributed by atoms with van der Waals surface area (Å²) in [6, 6.07) is 9.31. The maximum Gasteiger partial charge on any atom is 0.268 e. The van der Waals surface area contributed by atoms with Crippen LogP contribution in [0.2, 0.25) is 5.02 Å². The van der Waals surface area contributed by atoms with Gasteiger partial charge in [0.25, 0.3) is 5.56 Å². The zero-order valence-corrected chi connectivity index (χ0v) is 15.5. The number of H-pyrrole nitrogens is 1. The van der Waals surface area contributed by atoms with Crippen LogP contribution in [0.15, 0.2) is 45.7 Å². The molecule has 0 amide bonds. The topological polar surface area (TPSA) is 76.5 Å². The lowest BCUT2D eigenvalue weighted by molar-refractivity contribution is 0.793. The van der Waals surface area contributed by atoms with Crippen LogP contribution >= 0.6 is 34.7 Å². The van der Waals surface area contributed by atoms with Crippen molar-refractivity contribution in [3.05, 3.63) is 56.9 Å². The van der Waals surface area contributed by atoms with E-state index in [1.807, 2.05) is 47.3 Å². The second kappa shape index (κ2) is 6.62. The molecule has 4 rings (SSSR count). The van der Waals surface area contributed by atoms with Crippen molar-refractivity contribution in [3.63, 3.8) is 0 Å². The molecule has 0 radical (unpaired) electrons. The maximum absolute atomic E-state index is 12.0. The summed E-state index contributed by atoms with van der Waals surface area (Å²) in [7, 11) is 1.91. The molecule has 0 spiro atoms. The van der Waals surface area contributed by atoms with E-state index in [0.717, 1.165) is 22.1 Å². The first-order valence-corrected chi connectivity index (χ1v) is 9.60. The van der Waals surface area contributed by atoms with Crippen molar-refractivity contribution in [2.45, 2.75) is 10.9 Å². The van der Waals surface area contributed by atoms with E-state index < -0.39 is 0 Å². The third-order valence-electron chi connectivity index (χ3n) is 3.64. The SMILES string of the molecule is Cn1c(SCc2nc3ccsc3c(=O)[nH]2)nnc1-c1ccc(Cl)cc1. The molecule has 0 unspecified atom stereocenters. The van der Waals surface area contributed by atoms with Gasteiger partial charge >= 0.3 is 0 Å². The van der Waals surface area contributed by atoms with E-state index in [9.17, 15) is 4.79 Å². The minimum absolute atomic E-state index is 0.101. The minimum Gasteiger partial charge on any atom is -0.309 e. The molecule has 0 aliphatic heterocycles. The number of nitrogens with zero attached hydrogens (tertiary/aromatic N) is 4. The summed E-state index contributed by atoms with van der Waals surface area (Å²) >= 11 is 8.79. The van der Waals surface area contributed by atoms with Crippen molar-refractivity contribution in [2.75, 3.05) is 0 Å². The first-order chi connectivity index (χ1) is 12.1. The molecule has 0 saturated heterocycles. The van der Waals surface area contributed by atoms with Crippen LogP contribution in [0.25, 0.3) is 21.6 Å². The van der Waals surface area contributed by atoms with E-state index >= 15 is 0 Å². The van der Waals surface area contributed by atoms with Gasteiger partial charge in [0.05, 0.1) is 11.3 Å². The van der Waals surface area contributed by atoms with Crippen molar-refractivity contribution in [3.8, 4) is 11.4 Å². The number of aromatic nitrogens is 5. The zero-order valence-electron chi connectivity index (χ0n) is 13.1. The molecule has 1 aromatic carbocycles. The highest BCUT2D eigenvalue weighted by molar-refractivity contribution is 7.98. The lowest BCUT2D eigenvalue weighted by Crippen LogP contribution is -2.09. The van der Waals surface area contributed by atoms with Gasteiger partial charge < -0.3 is 9.55 Å². The minimum atomic E-state index is -0.101. The maximum atomic E-state index is 12.0. The Kier molecular flexibility index (Phi) is 4.32. The smallest absolute Gasteiger partial charge is 0.268 e. The van der Waals surface area contributed by atoms with Crippen LogP contribution in [0, 0.1) is 0 Å². The van der Waals surface area contributed by atoms with Crippen LogP contribution in [0.1, 0.15) is 5.82 Å². The third-order valence-corrected chi connectivity index (χ3v) is 5.83. The molecule has 1 N–H and O–H groups in total.